The van der Waals surface area contributed by atoms with E-state index >= 15 is 0 Å². The van der Waals surface area contributed by atoms with Crippen LogP contribution in [0.25, 0.3) is 0 Å². The third-order valence-corrected chi connectivity index (χ3v) is 3.04. The van der Waals surface area contributed by atoms with Crippen molar-refractivity contribution >= 4 is 0 Å². The van der Waals surface area contributed by atoms with Crippen LogP contribution in [0.1, 0.15) is 38.2 Å². The molecule has 1 aromatic heterocycles. The molecular formula is C13H18N2O. The van der Waals surface area contributed by atoms with E-state index in [4.69, 9.17) is 10.00 Å². The van der Waals surface area contributed by atoms with Gasteiger partial charge < -0.3 is 4.74 Å². The Labute approximate surface area is 97.1 Å². The lowest BCUT2D eigenvalue weighted by molar-refractivity contribution is 0.407. The molecule has 3 nitrogen and oxygen atoms in total. The van der Waals surface area contributed by atoms with Gasteiger partial charge in [-0.25, -0.2) is 0 Å². The molecule has 2 unspecified atom stereocenters. The maximum absolute atomic E-state index is 8.87. The first kappa shape index (κ1) is 12.5. The molecule has 1 rings (SSSR count). The van der Waals surface area contributed by atoms with Crippen LogP contribution < -0.4 is 4.74 Å². The average Bonchev–Trinajstić information content (AvgIpc) is 2.35. The monoisotopic (exact) mass is 218 g/mol. The van der Waals surface area contributed by atoms with Gasteiger partial charge in [-0.2, -0.15) is 5.26 Å². The minimum absolute atomic E-state index is 0.248. The van der Waals surface area contributed by atoms with Crippen molar-refractivity contribution in [3.63, 3.8) is 0 Å². The lowest BCUT2D eigenvalue weighted by Gasteiger charge is -2.20. The molecule has 1 heterocycles. The first-order chi connectivity index (χ1) is 7.72. The van der Waals surface area contributed by atoms with E-state index in [2.05, 4.69) is 24.9 Å². The van der Waals surface area contributed by atoms with E-state index in [0.29, 0.717) is 12.3 Å². The molecule has 1 aromatic rings. The minimum atomic E-state index is 0.248. The second kappa shape index (κ2) is 6.12. The van der Waals surface area contributed by atoms with Crippen LogP contribution in [0.15, 0.2) is 18.5 Å². The van der Waals surface area contributed by atoms with Crippen molar-refractivity contribution in [1.29, 1.82) is 5.26 Å². The van der Waals surface area contributed by atoms with E-state index < -0.39 is 0 Å². The Bertz CT molecular complexity index is 370. The number of hydrogen-bond acceptors (Lipinski definition) is 3. The van der Waals surface area contributed by atoms with Crippen LogP contribution in [-0.4, -0.2) is 12.1 Å². The third-order valence-electron chi connectivity index (χ3n) is 3.04. The van der Waals surface area contributed by atoms with Crippen molar-refractivity contribution in [2.75, 3.05) is 7.11 Å². The van der Waals surface area contributed by atoms with Gasteiger partial charge in [-0.3, -0.25) is 4.98 Å². The highest BCUT2D eigenvalue weighted by atomic mass is 16.5. The van der Waals surface area contributed by atoms with Crippen molar-refractivity contribution in [3.8, 4) is 11.8 Å². The molecule has 0 aliphatic heterocycles. The number of methoxy groups -OCH3 is 1. The molecule has 0 aliphatic carbocycles. The van der Waals surface area contributed by atoms with Gasteiger partial charge in [-0.1, -0.05) is 20.3 Å². The van der Waals surface area contributed by atoms with E-state index in [1.165, 1.54) is 0 Å². The lowest BCUT2D eigenvalue weighted by Crippen LogP contribution is -2.09. The van der Waals surface area contributed by atoms with Gasteiger partial charge >= 0.3 is 0 Å². The van der Waals surface area contributed by atoms with Gasteiger partial charge in [0.1, 0.15) is 5.75 Å². The molecule has 0 radical (unpaired) electrons. The summed E-state index contributed by atoms with van der Waals surface area (Å²) in [6.45, 7) is 4.31. The second-order valence-corrected chi connectivity index (χ2v) is 4.01. The molecule has 0 fully saturated rings. The Morgan fingerprint density at radius 3 is 2.81 bits per heavy atom. The van der Waals surface area contributed by atoms with Crippen molar-refractivity contribution in [2.24, 2.45) is 5.92 Å². The first-order valence-corrected chi connectivity index (χ1v) is 5.58. The van der Waals surface area contributed by atoms with Crippen LogP contribution >= 0.6 is 0 Å². The molecule has 0 saturated carbocycles. The topological polar surface area (TPSA) is 45.9 Å². The fourth-order valence-corrected chi connectivity index (χ4v) is 1.78. The number of nitrogens with zero attached hydrogens (tertiary/aromatic N) is 2. The zero-order chi connectivity index (χ0) is 12.0. The normalized spacial score (nSPS) is 13.9. The maximum Gasteiger partial charge on any atom is 0.137 e. The summed E-state index contributed by atoms with van der Waals surface area (Å²) in [6.07, 6.45) is 5.10. The van der Waals surface area contributed by atoms with Crippen molar-refractivity contribution < 1.29 is 4.74 Å². The predicted octanol–water partition coefficient (Wildman–Crippen LogP) is 3.13. The second-order valence-electron chi connectivity index (χ2n) is 4.01. The standard InChI is InChI=1S/C13H18N2O/c1-4-10(2)13(5-6-14)11-7-12(16-3)9-15-8-11/h7-10,13H,4-5H2,1-3H3. The van der Waals surface area contributed by atoms with Crippen molar-refractivity contribution in [3.05, 3.63) is 24.0 Å². The number of aromatic nitrogens is 1. The zero-order valence-electron chi connectivity index (χ0n) is 10.1. The van der Waals surface area contributed by atoms with Crippen LogP contribution in [0, 0.1) is 17.2 Å². The highest BCUT2D eigenvalue weighted by molar-refractivity contribution is 5.27. The minimum Gasteiger partial charge on any atom is -0.495 e. The average molecular weight is 218 g/mol. The summed E-state index contributed by atoms with van der Waals surface area (Å²) in [5.41, 5.74) is 1.09. The quantitative estimate of drug-likeness (QED) is 0.762. The fourth-order valence-electron chi connectivity index (χ4n) is 1.78. The van der Waals surface area contributed by atoms with Crippen LogP contribution in [-0.2, 0) is 0 Å². The molecule has 86 valence electrons. The fraction of sp³-hybridized carbons (Fsp3) is 0.538. The Hall–Kier alpha value is -1.56. The molecule has 0 spiro atoms. The van der Waals surface area contributed by atoms with E-state index in [-0.39, 0.29) is 5.92 Å². The number of rotatable bonds is 5. The number of hydrogen-bond donors (Lipinski definition) is 0. The van der Waals surface area contributed by atoms with Gasteiger partial charge in [0.25, 0.3) is 0 Å². The van der Waals surface area contributed by atoms with Crippen molar-refractivity contribution in [2.45, 2.75) is 32.6 Å². The summed E-state index contributed by atoms with van der Waals surface area (Å²) in [6, 6.07) is 4.22. The highest BCUT2D eigenvalue weighted by Gasteiger charge is 2.18. The molecule has 0 amide bonds. The van der Waals surface area contributed by atoms with E-state index in [9.17, 15) is 0 Å². The largest absolute Gasteiger partial charge is 0.495 e. The summed E-state index contributed by atoms with van der Waals surface area (Å²) in [7, 11) is 1.63. The molecular weight excluding hydrogens is 200 g/mol. The molecule has 0 bridgehead atoms. The zero-order valence-corrected chi connectivity index (χ0v) is 10.1. The molecule has 3 heteroatoms. The van der Waals surface area contributed by atoms with Gasteiger partial charge in [-0.05, 0) is 17.5 Å². The summed E-state index contributed by atoms with van der Waals surface area (Å²) >= 11 is 0. The van der Waals surface area contributed by atoms with Gasteiger partial charge in [-0.15, -0.1) is 0 Å². The first-order valence-electron chi connectivity index (χ1n) is 5.58. The van der Waals surface area contributed by atoms with Crippen molar-refractivity contribution in [1.82, 2.24) is 4.98 Å². The van der Waals surface area contributed by atoms with Gasteiger partial charge in [0.2, 0.25) is 0 Å². The van der Waals surface area contributed by atoms with Gasteiger partial charge in [0, 0.05) is 18.5 Å². The Kier molecular flexibility index (Phi) is 4.78. The SMILES string of the molecule is CCC(C)C(CC#N)c1cncc(OC)c1. The van der Waals surface area contributed by atoms with Crippen LogP contribution in [0.5, 0.6) is 5.75 Å². The van der Waals surface area contributed by atoms with E-state index in [1.54, 1.807) is 13.3 Å². The number of pyridine rings is 1. The molecule has 0 N–H and O–H groups in total. The smallest absolute Gasteiger partial charge is 0.137 e. The number of nitriles is 1. The van der Waals surface area contributed by atoms with E-state index in [0.717, 1.165) is 17.7 Å². The number of ether oxygens (including phenoxy) is 1. The summed E-state index contributed by atoms with van der Waals surface area (Å²) in [5.74, 6) is 1.48. The molecule has 0 aromatic carbocycles. The summed E-state index contributed by atoms with van der Waals surface area (Å²) in [4.78, 5) is 4.14. The summed E-state index contributed by atoms with van der Waals surface area (Å²) in [5, 5.41) is 8.87. The molecule has 0 saturated heterocycles. The molecule has 0 aliphatic rings. The third kappa shape index (κ3) is 2.96. The summed E-state index contributed by atoms with van der Waals surface area (Å²) < 4.78 is 5.15. The Balaban J connectivity index is 2.96. The molecule has 16 heavy (non-hydrogen) atoms. The molecule has 2 atom stereocenters. The maximum atomic E-state index is 8.87. The Morgan fingerprint density at radius 2 is 2.25 bits per heavy atom. The van der Waals surface area contributed by atoms with Crippen LogP contribution in [0.4, 0.5) is 0 Å². The van der Waals surface area contributed by atoms with Gasteiger partial charge in [0.15, 0.2) is 0 Å². The predicted molar refractivity (Wildman–Crippen MR) is 63.2 cm³/mol. The highest BCUT2D eigenvalue weighted by Crippen LogP contribution is 2.30. The van der Waals surface area contributed by atoms with Gasteiger partial charge in [0.05, 0.1) is 19.4 Å². The van der Waals surface area contributed by atoms with Crippen LogP contribution in [0.3, 0.4) is 0 Å². The lowest BCUT2D eigenvalue weighted by atomic mass is 9.84. The van der Waals surface area contributed by atoms with Crippen LogP contribution in [0.2, 0.25) is 0 Å². The van der Waals surface area contributed by atoms with E-state index in [1.807, 2.05) is 12.3 Å². The Morgan fingerprint density at radius 1 is 1.50 bits per heavy atom.